The zero-order chi connectivity index (χ0) is 15.2. The van der Waals surface area contributed by atoms with Crippen molar-refractivity contribution in [1.82, 2.24) is 5.32 Å². The molecule has 0 aromatic heterocycles. The lowest BCUT2D eigenvalue weighted by Crippen LogP contribution is -2.38. The Balaban J connectivity index is 2.93. The smallest absolute Gasteiger partial charge is 0.408 e. The molecule has 0 spiro atoms. The summed E-state index contributed by atoms with van der Waals surface area (Å²) in [6, 6.07) is 7.68. The Hall–Kier alpha value is -2.46. The molecule has 1 aromatic rings. The number of carbonyl (C=O) groups is 2. The number of carbonyl (C=O) groups excluding carboxylic acids is 2. The van der Waals surface area contributed by atoms with Gasteiger partial charge in [-0.15, -0.1) is 0 Å². The lowest BCUT2D eigenvalue weighted by molar-refractivity contribution is -0.118. The van der Waals surface area contributed by atoms with Crippen LogP contribution in [0.15, 0.2) is 30.3 Å². The van der Waals surface area contributed by atoms with Gasteiger partial charge >= 0.3 is 12.3 Å². The van der Waals surface area contributed by atoms with E-state index in [0.717, 1.165) is 6.21 Å². The van der Waals surface area contributed by atoms with E-state index >= 15 is 0 Å². The van der Waals surface area contributed by atoms with E-state index < -0.39 is 23.5 Å². The summed E-state index contributed by atoms with van der Waals surface area (Å²) in [6.07, 6.45) is 0.0284. The topological polar surface area (TPSA) is 91.8 Å². The molecule has 1 amide bonds. The van der Waals surface area contributed by atoms with Gasteiger partial charge in [0, 0.05) is 0 Å². The van der Waals surface area contributed by atoms with Crippen molar-refractivity contribution >= 4 is 18.1 Å². The largest absolute Gasteiger partial charge is 0.444 e. The Bertz CT molecular complexity index is 528. The second-order valence-corrected chi connectivity index (χ2v) is 5.14. The third-order valence-electron chi connectivity index (χ3n) is 2.26. The molecule has 0 saturated carbocycles. The molecule has 6 heteroatoms. The van der Waals surface area contributed by atoms with Crippen molar-refractivity contribution < 1.29 is 19.1 Å². The van der Waals surface area contributed by atoms with Crippen LogP contribution in [0.25, 0.3) is 5.53 Å². The number of hydrogen-bond donors (Lipinski definition) is 1. The van der Waals surface area contributed by atoms with Gasteiger partial charge in [0.15, 0.2) is 0 Å². The first kappa shape index (κ1) is 15.6. The average molecular weight is 275 g/mol. The van der Waals surface area contributed by atoms with Crippen LogP contribution in [0, 0.1) is 0 Å². The molecule has 0 bridgehead atoms. The van der Waals surface area contributed by atoms with E-state index in [-0.39, 0.29) is 0 Å². The van der Waals surface area contributed by atoms with Gasteiger partial charge in [-0.05, 0) is 26.3 Å². The molecule has 0 unspecified atom stereocenters. The molecule has 1 aromatic carbocycles. The number of Topliss-reactive ketones (excluding diaryl/α,β-unsaturated/α-hetero) is 1. The summed E-state index contributed by atoms with van der Waals surface area (Å²) in [4.78, 5) is 26.3. The quantitative estimate of drug-likeness (QED) is 0.518. The summed E-state index contributed by atoms with van der Waals surface area (Å²) >= 11 is 0. The van der Waals surface area contributed by atoms with Gasteiger partial charge in [-0.3, -0.25) is 4.79 Å². The number of benzene rings is 1. The minimum absolute atomic E-state index is 0.551. The first-order valence-corrected chi connectivity index (χ1v) is 6.09. The van der Waals surface area contributed by atoms with Gasteiger partial charge in [0.2, 0.25) is 0 Å². The molecule has 0 aliphatic rings. The maximum atomic E-state index is 11.9. The fraction of sp³-hybridized carbons (Fsp3) is 0.357. The molecule has 6 nitrogen and oxygen atoms in total. The van der Waals surface area contributed by atoms with Gasteiger partial charge in [-0.1, -0.05) is 30.3 Å². The van der Waals surface area contributed by atoms with E-state index in [2.05, 4.69) is 10.1 Å². The molecule has 0 aliphatic heterocycles. The van der Waals surface area contributed by atoms with Gasteiger partial charge in [0.05, 0.1) is 0 Å². The zero-order valence-corrected chi connectivity index (χ0v) is 11.7. The number of alkyl carbamates (subject to hydrolysis) is 1. The van der Waals surface area contributed by atoms with Crippen LogP contribution < -0.4 is 5.32 Å². The minimum Gasteiger partial charge on any atom is -0.444 e. The van der Waals surface area contributed by atoms with Crippen molar-refractivity contribution in [3.8, 4) is 0 Å². The third-order valence-corrected chi connectivity index (χ3v) is 2.26. The highest BCUT2D eigenvalue weighted by molar-refractivity contribution is 6.28. The van der Waals surface area contributed by atoms with E-state index in [1.165, 1.54) is 0 Å². The number of hydrogen-bond acceptors (Lipinski definition) is 3. The van der Waals surface area contributed by atoms with Crippen LogP contribution in [0.5, 0.6) is 0 Å². The van der Waals surface area contributed by atoms with Crippen LogP contribution >= 0.6 is 0 Å². The Morgan fingerprint density at radius 3 is 2.40 bits per heavy atom. The Labute approximate surface area is 117 Å². The molecule has 0 fully saturated rings. The molecule has 1 rings (SSSR count). The zero-order valence-electron chi connectivity index (χ0n) is 11.7. The van der Waals surface area contributed by atoms with Crippen LogP contribution in [-0.4, -0.2) is 28.5 Å². The SMILES string of the molecule is CC(C)(C)OC(=O)N[C@H](C(=O)C=[N+]=[N-])c1ccccc1. The highest BCUT2D eigenvalue weighted by Crippen LogP contribution is 2.14. The fourth-order valence-electron chi connectivity index (χ4n) is 1.52. The third kappa shape index (κ3) is 5.04. The second-order valence-electron chi connectivity index (χ2n) is 5.14. The summed E-state index contributed by atoms with van der Waals surface area (Å²) < 4.78 is 5.11. The van der Waals surface area contributed by atoms with Crippen molar-refractivity contribution in [3.63, 3.8) is 0 Å². The Kier molecular flexibility index (Phi) is 5.17. The number of nitrogens with one attached hydrogen (secondary N) is 1. The van der Waals surface area contributed by atoms with Gasteiger partial charge < -0.3 is 15.6 Å². The molecule has 1 atom stereocenters. The van der Waals surface area contributed by atoms with Crippen LogP contribution in [0.2, 0.25) is 0 Å². The molecule has 106 valence electrons. The van der Waals surface area contributed by atoms with E-state index in [9.17, 15) is 9.59 Å². The first-order chi connectivity index (χ1) is 9.33. The van der Waals surface area contributed by atoms with Crippen LogP contribution in [0.3, 0.4) is 0 Å². The Morgan fingerprint density at radius 2 is 1.90 bits per heavy atom. The predicted molar refractivity (Wildman–Crippen MR) is 73.2 cm³/mol. The molecule has 0 heterocycles. The van der Waals surface area contributed by atoms with Crippen molar-refractivity contribution in [2.75, 3.05) is 0 Å². The van der Waals surface area contributed by atoms with Crippen LogP contribution in [-0.2, 0) is 9.53 Å². The standard InChI is InChI=1S/C14H17N3O3/c1-14(2,3)20-13(19)17-12(11(18)9-16-15)10-7-5-4-6-8-10/h4-9,12H,1-3H3,(H,17,19)/t12-/m0/s1. The summed E-state index contributed by atoms with van der Waals surface area (Å²) in [5.41, 5.74) is 8.36. The van der Waals surface area contributed by atoms with Crippen LogP contribution in [0.1, 0.15) is 32.4 Å². The van der Waals surface area contributed by atoms with E-state index in [1.54, 1.807) is 51.1 Å². The predicted octanol–water partition coefficient (Wildman–Crippen LogP) is 2.12. The lowest BCUT2D eigenvalue weighted by atomic mass is 10.0. The number of rotatable bonds is 4. The number of nitrogens with zero attached hydrogens (tertiary/aromatic N) is 2. The number of amides is 1. The summed E-state index contributed by atoms with van der Waals surface area (Å²) in [5.74, 6) is -0.551. The van der Waals surface area contributed by atoms with Gasteiger partial charge in [0.25, 0.3) is 5.78 Å². The summed E-state index contributed by atoms with van der Waals surface area (Å²) in [6.45, 7) is 5.17. The number of ketones is 1. The monoisotopic (exact) mass is 275 g/mol. The Morgan fingerprint density at radius 1 is 1.30 bits per heavy atom. The van der Waals surface area contributed by atoms with Crippen molar-refractivity contribution in [1.29, 1.82) is 0 Å². The number of ether oxygens (including phenoxy) is 1. The van der Waals surface area contributed by atoms with Gasteiger partial charge in [0.1, 0.15) is 11.6 Å². The highest BCUT2D eigenvalue weighted by Gasteiger charge is 2.26. The van der Waals surface area contributed by atoms with E-state index in [4.69, 9.17) is 10.3 Å². The maximum absolute atomic E-state index is 11.9. The molecule has 20 heavy (non-hydrogen) atoms. The first-order valence-electron chi connectivity index (χ1n) is 6.09. The molecule has 1 N–H and O–H groups in total. The second kappa shape index (κ2) is 6.63. The molecule has 0 radical (unpaired) electrons. The van der Waals surface area contributed by atoms with Crippen molar-refractivity contribution in [3.05, 3.63) is 41.4 Å². The highest BCUT2D eigenvalue weighted by atomic mass is 16.6. The van der Waals surface area contributed by atoms with E-state index in [1.807, 2.05) is 0 Å². The fourth-order valence-corrected chi connectivity index (χ4v) is 1.52. The normalized spacial score (nSPS) is 11.9. The molecular formula is C14H17N3O3. The van der Waals surface area contributed by atoms with Gasteiger partial charge in [-0.25, -0.2) is 4.79 Å². The average Bonchev–Trinajstić information content (AvgIpc) is 2.35. The summed E-state index contributed by atoms with van der Waals surface area (Å²) in [7, 11) is 0. The molecular weight excluding hydrogens is 258 g/mol. The van der Waals surface area contributed by atoms with Gasteiger partial charge in [-0.2, -0.15) is 4.79 Å². The lowest BCUT2D eigenvalue weighted by Gasteiger charge is -2.22. The van der Waals surface area contributed by atoms with E-state index in [0.29, 0.717) is 5.56 Å². The molecule has 0 aliphatic carbocycles. The minimum atomic E-state index is -0.957. The maximum Gasteiger partial charge on any atom is 0.408 e. The van der Waals surface area contributed by atoms with Crippen molar-refractivity contribution in [2.24, 2.45) is 0 Å². The van der Waals surface area contributed by atoms with Crippen molar-refractivity contribution in [2.45, 2.75) is 32.4 Å². The molecule has 0 saturated heterocycles. The summed E-state index contributed by atoms with van der Waals surface area (Å²) in [5, 5.41) is 2.46. The van der Waals surface area contributed by atoms with Crippen LogP contribution in [0.4, 0.5) is 4.79 Å².